The second kappa shape index (κ2) is 3.24. The number of carboxylic acid groups (broad SMARTS) is 1. The molecule has 1 amide bonds. The Hall–Kier alpha value is -1.24. The van der Waals surface area contributed by atoms with Crippen LogP contribution in [0.4, 0.5) is 4.79 Å². The summed E-state index contributed by atoms with van der Waals surface area (Å²) in [7, 11) is 0. The van der Waals surface area contributed by atoms with Crippen molar-refractivity contribution >= 4 is 6.09 Å². The van der Waals surface area contributed by atoms with Crippen LogP contribution in [0.1, 0.15) is 12.8 Å². The second-order valence-electron chi connectivity index (χ2n) is 2.67. The van der Waals surface area contributed by atoms with Gasteiger partial charge < -0.3 is 10.0 Å². The third-order valence-electron chi connectivity index (χ3n) is 1.95. The smallest absolute Gasteiger partial charge is 0.407 e. The molecule has 0 spiro atoms. The van der Waals surface area contributed by atoms with Crippen molar-refractivity contribution in [2.75, 3.05) is 13.1 Å². The molecule has 0 aromatic rings. The number of hydrogen-bond donors (Lipinski definition) is 1. The van der Waals surface area contributed by atoms with Crippen LogP contribution in [0.2, 0.25) is 0 Å². The van der Waals surface area contributed by atoms with E-state index in [1.165, 1.54) is 4.90 Å². The van der Waals surface area contributed by atoms with Crippen LogP contribution >= 0.6 is 0 Å². The maximum atomic E-state index is 10.4. The first-order valence-corrected chi connectivity index (χ1v) is 3.61. The molecular formula is C7H10N2O2. The molecule has 1 rings (SSSR count). The molecule has 0 atom stereocenters. The Labute approximate surface area is 65.0 Å². The number of rotatable bonds is 0. The Morgan fingerprint density at radius 3 is 2.45 bits per heavy atom. The predicted molar refractivity (Wildman–Crippen MR) is 37.9 cm³/mol. The summed E-state index contributed by atoms with van der Waals surface area (Å²) >= 11 is 0. The summed E-state index contributed by atoms with van der Waals surface area (Å²) in [5.74, 6) is 0.0607. The Kier molecular flexibility index (Phi) is 2.32. The summed E-state index contributed by atoms with van der Waals surface area (Å²) in [4.78, 5) is 11.7. The summed E-state index contributed by atoms with van der Waals surface area (Å²) < 4.78 is 0. The van der Waals surface area contributed by atoms with Gasteiger partial charge in [0.2, 0.25) is 0 Å². The lowest BCUT2D eigenvalue weighted by Crippen LogP contribution is -2.37. The molecule has 0 aromatic carbocycles. The van der Waals surface area contributed by atoms with Crippen LogP contribution in [0.3, 0.4) is 0 Å². The van der Waals surface area contributed by atoms with Gasteiger partial charge in [0, 0.05) is 19.0 Å². The van der Waals surface area contributed by atoms with Crippen molar-refractivity contribution in [1.29, 1.82) is 5.26 Å². The van der Waals surface area contributed by atoms with Gasteiger partial charge in [0.1, 0.15) is 0 Å². The van der Waals surface area contributed by atoms with Crippen LogP contribution in [0, 0.1) is 17.2 Å². The van der Waals surface area contributed by atoms with Crippen molar-refractivity contribution < 1.29 is 9.90 Å². The molecule has 0 aliphatic carbocycles. The van der Waals surface area contributed by atoms with Crippen LogP contribution in [-0.2, 0) is 0 Å². The van der Waals surface area contributed by atoms with Crippen LogP contribution in [-0.4, -0.2) is 29.2 Å². The van der Waals surface area contributed by atoms with Crippen molar-refractivity contribution in [2.45, 2.75) is 12.8 Å². The van der Waals surface area contributed by atoms with Crippen LogP contribution in [0.15, 0.2) is 0 Å². The minimum atomic E-state index is -0.874. The fourth-order valence-electron chi connectivity index (χ4n) is 1.20. The highest BCUT2D eigenvalue weighted by Crippen LogP contribution is 2.15. The van der Waals surface area contributed by atoms with E-state index in [1.807, 2.05) is 0 Å². The first-order valence-electron chi connectivity index (χ1n) is 3.61. The molecule has 0 bridgehead atoms. The molecule has 60 valence electrons. The summed E-state index contributed by atoms with van der Waals surface area (Å²) in [6, 6.07) is 2.14. The number of nitriles is 1. The number of hydrogen-bond acceptors (Lipinski definition) is 2. The van der Waals surface area contributed by atoms with Crippen molar-refractivity contribution in [3.8, 4) is 6.07 Å². The van der Waals surface area contributed by atoms with E-state index in [0.717, 1.165) is 0 Å². The highest BCUT2D eigenvalue weighted by molar-refractivity contribution is 5.65. The predicted octanol–water partition coefficient (Wildman–Crippen LogP) is 0.900. The first-order chi connectivity index (χ1) is 5.24. The molecule has 1 fully saturated rings. The largest absolute Gasteiger partial charge is 0.465 e. The average molecular weight is 154 g/mol. The molecule has 11 heavy (non-hydrogen) atoms. The lowest BCUT2D eigenvalue weighted by molar-refractivity contribution is 0.130. The maximum Gasteiger partial charge on any atom is 0.407 e. The molecule has 1 aliphatic rings. The zero-order valence-corrected chi connectivity index (χ0v) is 6.16. The summed E-state index contributed by atoms with van der Waals surface area (Å²) in [5.41, 5.74) is 0. The summed E-state index contributed by atoms with van der Waals surface area (Å²) in [5, 5.41) is 17.0. The molecule has 0 aromatic heterocycles. The Bertz CT molecular complexity index is 189. The lowest BCUT2D eigenvalue weighted by Gasteiger charge is -2.26. The van der Waals surface area contributed by atoms with Gasteiger partial charge in [-0.05, 0) is 12.8 Å². The second-order valence-corrected chi connectivity index (χ2v) is 2.67. The van der Waals surface area contributed by atoms with E-state index in [-0.39, 0.29) is 5.92 Å². The number of carbonyl (C=O) groups is 1. The lowest BCUT2D eigenvalue weighted by atomic mass is 9.99. The average Bonchev–Trinajstić information content (AvgIpc) is 2.05. The number of amides is 1. The minimum absolute atomic E-state index is 0.0607. The van der Waals surface area contributed by atoms with Crippen LogP contribution in [0.5, 0.6) is 0 Å². The van der Waals surface area contributed by atoms with Crippen molar-refractivity contribution in [3.05, 3.63) is 0 Å². The molecule has 0 saturated carbocycles. The van der Waals surface area contributed by atoms with Gasteiger partial charge in [-0.25, -0.2) is 4.79 Å². The summed E-state index contributed by atoms with van der Waals surface area (Å²) in [6.45, 7) is 1.02. The monoisotopic (exact) mass is 154 g/mol. The highest BCUT2D eigenvalue weighted by Gasteiger charge is 2.21. The van der Waals surface area contributed by atoms with E-state index >= 15 is 0 Å². The fraction of sp³-hybridized carbons (Fsp3) is 0.714. The molecule has 1 aliphatic heterocycles. The number of likely N-dealkylation sites (tertiary alicyclic amines) is 1. The highest BCUT2D eigenvalue weighted by atomic mass is 16.4. The Morgan fingerprint density at radius 2 is 2.09 bits per heavy atom. The van der Waals surface area contributed by atoms with E-state index in [4.69, 9.17) is 10.4 Å². The third-order valence-corrected chi connectivity index (χ3v) is 1.95. The van der Waals surface area contributed by atoms with E-state index < -0.39 is 6.09 Å². The minimum Gasteiger partial charge on any atom is -0.465 e. The normalized spacial score (nSPS) is 19.4. The zero-order chi connectivity index (χ0) is 8.27. The Morgan fingerprint density at radius 1 is 1.55 bits per heavy atom. The maximum absolute atomic E-state index is 10.4. The van der Waals surface area contributed by atoms with Gasteiger partial charge in [-0.3, -0.25) is 0 Å². The van der Waals surface area contributed by atoms with E-state index in [0.29, 0.717) is 25.9 Å². The molecule has 4 heteroatoms. The molecule has 1 saturated heterocycles. The SMILES string of the molecule is N#CC1CCN(C(=O)O)CC1. The first kappa shape index (κ1) is 7.86. The van der Waals surface area contributed by atoms with E-state index in [2.05, 4.69) is 6.07 Å². The van der Waals surface area contributed by atoms with Gasteiger partial charge in [0.05, 0.1) is 6.07 Å². The van der Waals surface area contributed by atoms with Gasteiger partial charge in [0.25, 0.3) is 0 Å². The van der Waals surface area contributed by atoms with Crippen LogP contribution in [0.25, 0.3) is 0 Å². The molecule has 0 unspecified atom stereocenters. The Balaban J connectivity index is 2.37. The zero-order valence-electron chi connectivity index (χ0n) is 6.16. The van der Waals surface area contributed by atoms with Gasteiger partial charge in [0.15, 0.2) is 0 Å². The van der Waals surface area contributed by atoms with Crippen molar-refractivity contribution in [3.63, 3.8) is 0 Å². The van der Waals surface area contributed by atoms with E-state index in [9.17, 15) is 4.79 Å². The van der Waals surface area contributed by atoms with Crippen molar-refractivity contribution in [2.24, 2.45) is 5.92 Å². The standard InChI is InChI=1S/C7H10N2O2/c8-5-6-1-3-9(4-2-6)7(10)11/h6H,1-4H2,(H,10,11). The van der Waals surface area contributed by atoms with Gasteiger partial charge in [-0.2, -0.15) is 5.26 Å². The molecular weight excluding hydrogens is 144 g/mol. The topological polar surface area (TPSA) is 64.3 Å². The van der Waals surface area contributed by atoms with E-state index in [1.54, 1.807) is 0 Å². The summed E-state index contributed by atoms with van der Waals surface area (Å²) in [6.07, 6.45) is 0.493. The van der Waals surface area contributed by atoms with Crippen molar-refractivity contribution in [1.82, 2.24) is 4.90 Å². The van der Waals surface area contributed by atoms with Gasteiger partial charge in [-0.1, -0.05) is 0 Å². The third kappa shape index (κ3) is 1.84. The molecule has 1 heterocycles. The van der Waals surface area contributed by atoms with Gasteiger partial charge >= 0.3 is 6.09 Å². The quantitative estimate of drug-likeness (QED) is 0.563. The molecule has 0 radical (unpaired) electrons. The molecule has 1 N–H and O–H groups in total. The van der Waals surface area contributed by atoms with Crippen LogP contribution < -0.4 is 0 Å². The van der Waals surface area contributed by atoms with Gasteiger partial charge in [-0.15, -0.1) is 0 Å². The molecule has 4 nitrogen and oxygen atoms in total. The number of nitrogens with zero attached hydrogens (tertiary/aromatic N) is 2. The number of piperidine rings is 1. The fourth-order valence-corrected chi connectivity index (χ4v) is 1.20.